The van der Waals surface area contributed by atoms with E-state index in [9.17, 15) is 4.39 Å². The fourth-order valence-electron chi connectivity index (χ4n) is 3.36. The van der Waals surface area contributed by atoms with Crippen LogP contribution in [-0.4, -0.2) is 30.7 Å². The second-order valence-electron chi connectivity index (χ2n) is 6.52. The van der Waals surface area contributed by atoms with Crippen LogP contribution in [0.2, 0.25) is 0 Å². The van der Waals surface area contributed by atoms with E-state index in [-0.39, 0.29) is 5.82 Å². The van der Waals surface area contributed by atoms with Crippen molar-refractivity contribution in [3.05, 3.63) is 65.6 Å². The Kier molecular flexibility index (Phi) is 4.97. The van der Waals surface area contributed by atoms with E-state index in [0.717, 1.165) is 30.3 Å². The van der Waals surface area contributed by atoms with Gasteiger partial charge >= 0.3 is 0 Å². The predicted octanol–water partition coefficient (Wildman–Crippen LogP) is 3.94. The van der Waals surface area contributed by atoms with Crippen LogP contribution in [0.1, 0.15) is 11.1 Å². The number of nitrogens with zero attached hydrogens (tertiary/aromatic N) is 3. The van der Waals surface area contributed by atoms with Crippen molar-refractivity contribution in [2.24, 2.45) is 0 Å². The van der Waals surface area contributed by atoms with E-state index in [0.29, 0.717) is 18.2 Å². The molecule has 1 aromatic heterocycles. The molecule has 0 aliphatic carbocycles. The standard InChI is InChI=1S/C21H21FN4O2/c1-27-18-10-14-7-9-26(13-15(14)11-19(18)28-2)20-6-8-23-21(25-20)24-17-5-3-4-16(22)12-17/h3-6,8,10-12H,7,9,13H2,1-2H3,(H,23,24,25). The summed E-state index contributed by atoms with van der Waals surface area (Å²) in [4.78, 5) is 11.0. The zero-order valence-electron chi connectivity index (χ0n) is 15.8. The first kappa shape index (κ1) is 18.0. The highest BCUT2D eigenvalue weighted by molar-refractivity contribution is 5.56. The Balaban J connectivity index is 1.56. The number of halogens is 1. The maximum absolute atomic E-state index is 13.4. The second-order valence-corrected chi connectivity index (χ2v) is 6.52. The van der Waals surface area contributed by atoms with Crippen molar-refractivity contribution in [1.29, 1.82) is 0 Å². The molecule has 0 unspecified atom stereocenters. The van der Waals surface area contributed by atoms with Crippen molar-refractivity contribution in [2.45, 2.75) is 13.0 Å². The normalized spacial score (nSPS) is 13.0. The molecule has 144 valence electrons. The molecule has 1 aliphatic rings. The lowest BCUT2D eigenvalue weighted by atomic mass is 9.99. The highest BCUT2D eigenvalue weighted by atomic mass is 19.1. The zero-order chi connectivity index (χ0) is 19.5. The van der Waals surface area contributed by atoms with E-state index in [2.05, 4.69) is 20.2 Å². The third-order valence-electron chi connectivity index (χ3n) is 4.76. The van der Waals surface area contributed by atoms with E-state index in [1.54, 1.807) is 32.5 Å². The van der Waals surface area contributed by atoms with Crippen molar-refractivity contribution in [2.75, 3.05) is 31.0 Å². The van der Waals surface area contributed by atoms with Crippen molar-refractivity contribution in [3.63, 3.8) is 0 Å². The number of nitrogens with one attached hydrogen (secondary N) is 1. The molecule has 1 N–H and O–H groups in total. The smallest absolute Gasteiger partial charge is 0.229 e. The van der Waals surface area contributed by atoms with Gasteiger partial charge in [0.15, 0.2) is 11.5 Å². The largest absolute Gasteiger partial charge is 0.493 e. The quantitative estimate of drug-likeness (QED) is 0.724. The third-order valence-corrected chi connectivity index (χ3v) is 4.76. The summed E-state index contributed by atoms with van der Waals surface area (Å²) in [6.07, 6.45) is 2.58. The molecule has 0 saturated carbocycles. The average molecular weight is 380 g/mol. The van der Waals surface area contributed by atoms with Crippen LogP contribution in [0.25, 0.3) is 0 Å². The summed E-state index contributed by atoms with van der Waals surface area (Å²) in [5.74, 6) is 2.41. The van der Waals surface area contributed by atoms with Crippen LogP contribution in [-0.2, 0) is 13.0 Å². The summed E-state index contributed by atoms with van der Waals surface area (Å²) in [5.41, 5.74) is 3.04. The van der Waals surface area contributed by atoms with Gasteiger partial charge in [0.2, 0.25) is 5.95 Å². The molecule has 0 bridgehead atoms. The van der Waals surface area contributed by atoms with Crippen LogP contribution in [0.15, 0.2) is 48.7 Å². The van der Waals surface area contributed by atoms with Crippen molar-refractivity contribution in [3.8, 4) is 11.5 Å². The summed E-state index contributed by atoms with van der Waals surface area (Å²) < 4.78 is 24.2. The molecule has 0 spiro atoms. The number of hydrogen-bond donors (Lipinski definition) is 1. The molecule has 0 fully saturated rings. The molecule has 1 aliphatic heterocycles. The molecular formula is C21H21FN4O2. The molecule has 28 heavy (non-hydrogen) atoms. The SMILES string of the molecule is COc1cc2c(cc1OC)CN(c1ccnc(Nc3cccc(F)c3)n1)CC2. The van der Waals surface area contributed by atoms with E-state index < -0.39 is 0 Å². The molecule has 2 heterocycles. The highest BCUT2D eigenvalue weighted by Crippen LogP contribution is 2.34. The summed E-state index contributed by atoms with van der Waals surface area (Å²) in [5, 5.41) is 3.05. The zero-order valence-corrected chi connectivity index (χ0v) is 15.8. The Morgan fingerprint density at radius 3 is 2.57 bits per heavy atom. The van der Waals surface area contributed by atoms with Gasteiger partial charge < -0.3 is 19.7 Å². The number of rotatable bonds is 5. The molecule has 4 rings (SSSR count). The number of ether oxygens (including phenoxy) is 2. The Morgan fingerprint density at radius 1 is 1.04 bits per heavy atom. The number of benzene rings is 2. The number of hydrogen-bond acceptors (Lipinski definition) is 6. The lowest BCUT2D eigenvalue weighted by molar-refractivity contribution is 0.353. The van der Waals surface area contributed by atoms with Gasteiger partial charge in [-0.1, -0.05) is 6.07 Å². The summed E-state index contributed by atoms with van der Waals surface area (Å²) in [6.45, 7) is 1.55. The summed E-state index contributed by atoms with van der Waals surface area (Å²) in [6, 6.07) is 12.2. The minimum atomic E-state index is -0.307. The Morgan fingerprint density at radius 2 is 1.82 bits per heavy atom. The van der Waals surface area contributed by atoms with Crippen LogP contribution in [0, 0.1) is 5.82 Å². The maximum Gasteiger partial charge on any atom is 0.229 e. The first-order valence-electron chi connectivity index (χ1n) is 9.00. The molecule has 0 atom stereocenters. The minimum Gasteiger partial charge on any atom is -0.493 e. The average Bonchev–Trinajstić information content (AvgIpc) is 2.72. The van der Waals surface area contributed by atoms with Crippen LogP contribution in [0.4, 0.5) is 21.8 Å². The predicted molar refractivity (Wildman–Crippen MR) is 106 cm³/mol. The van der Waals surface area contributed by atoms with E-state index >= 15 is 0 Å². The van der Waals surface area contributed by atoms with E-state index in [1.807, 2.05) is 18.2 Å². The molecule has 6 nitrogen and oxygen atoms in total. The van der Waals surface area contributed by atoms with Crippen molar-refractivity contribution >= 4 is 17.5 Å². The van der Waals surface area contributed by atoms with Crippen LogP contribution < -0.4 is 19.7 Å². The molecule has 0 saturated heterocycles. The van der Waals surface area contributed by atoms with Crippen molar-refractivity contribution < 1.29 is 13.9 Å². The van der Waals surface area contributed by atoms with E-state index in [4.69, 9.17) is 9.47 Å². The first-order chi connectivity index (χ1) is 13.7. The molecule has 0 radical (unpaired) electrons. The number of fused-ring (bicyclic) bond motifs is 1. The number of anilines is 3. The topological polar surface area (TPSA) is 59.5 Å². The van der Waals surface area contributed by atoms with Gasteiger partial charge in [-0.3, -0.25) is 0 Å². The second kappa shape index (κ2) is 7.72. The monoisotopic (exact) mass is 380 g/mol. The van der Waals surface area contributed by atoms with Gasteiger partial charge in [0.25, 0.3) is 0 Å². The van der Waals surface area contributed by atoms with Gasteiger partial charge in [-0.2, -0.15) is 4.98 Å². The van der Waals surface area contributed by atoms with Gasteiger partial charge in [0.1, 0.15) is 11.6 Å². The molecule has 2 aromatic carbocycles. The van der Waals surface area contributed by atoms with Gasteiger partial charge in [0, 0.05) is 25.0 Å². The fourth-order valence-corrected chi connectivity index (χ4v) is 3.36. The van der Waals surface area contributed by atoms with Crippen LogP contribution in [0.5, 0.6) is 11.5 Å². The maximum atomic E-state index is 13.4. The minimum absolute atomic E-state index is 0.307. The van der Waals surface area contributed by atoms with Crippen LogP contribution in [0.3, 0.4) is 0 Å². The highest BCUT2D eigenvalue weighted by Gasteiger charge is 2.20. The molecular weight excluding hydrogens is 359 g/mol. The molecule has 7 heteroatoms. The fraction of sp³-hybridized carbons (Fsp3) is 0.238. The lowest BCUT2D eigenvalue weighted by Crippen LogP contribution is -2.31. The van der Waals surface area contributed by atoms with Gasteiger partial charge in [-0.25, -0.2) is 9.37 Å². The van der Waals surface area contributed by atoms with Gasteiger partial charge in [-0.15, -0.1) is 0 Å². The van der Waals surface area contributed by atoms with Crippen molar-refractivity contribution in [1.82, 2.24) is 9.97 Å². The summed E-state index contributed by atoms with van der Waals surface area (Å²) >= 11 is 0. The number of aromatic nitrogens is 2. The van der Waals surface area contributed by atoms with Gasteiger partial charge in [0.05, 0.1) is 14.2 Å². The first-order valence-corrected chi connectivity index (χ1v) is 9.00. The molecule has 3 aromatic rings. The Bertz CT molecular complexity index is 996. The number of methoxy groups -OCH3 is 2. The summed E-state index contributed by atoms with van der Waals surface area (Å²) in [7, 11) is 3.28. The van der Waals surface area contributed by atoms with Crippen LogP contribution >= 0.6 is 0 Å². The third kappa shape index (κ3) is 3.69. The van der Waals surface area contributed by atoms with Gasteiger partial charge in [-0.05, 0) is 53.9 Å². The Labute approximate surface area is 163 Å². The van der Waals surface area contributed by atoms with E-state index in [1.165, 1.54) is 23.3 Å². The molecule has 0 amide bonds. The Hall–Kier alpha value is -3.35. The lowest BCUT2D eigenvalue weighted by Gasteiger charge is -2.30.